The Bertz CT molecular complexity index is 490. The molecule has 0 unspecified atom stereocenters. The van der Waals surface area contributed by atoms with E-state index in [9.17, 15) is 18.0 Å². The van der Waals surface area contributed by atoms with Gasteiger partial charge in [0.2, 0.25) is 5.88 Å². The van der Waals surface area contributed by atoms with Crippen molar-refractivity contribution in [2.45, 2.75) is 33.2 Å². The lowest BCUT2D eigenvalue weighted by Crippen LogP contribution is -2.20. The lowest BCUT2D eigenvalue weighted by Gasteiger charge is -2.15. The van der Waals surface area contributed by atoms with Gasteiger partial charge in [0, 0.05) is 18.3 Å². The molecule has 0 amide bonds. The summed E-state index contributed by atoms with van der Waals surface area (Å²) in [5.74, 6) is -1.06. The fourth-order valence-corrected chi connectivity index (χ4v) is 1.70. The van der Waals surface area contributed by atoms with E-state index in [1.54, 1.807) is 6.92 Å². The molecule has 20 heavy (non-hydrogen) atoms. The van der Waals surface area contributed by atoms with Gasteiger partial charge in [-0.15, -0.1) is 13.2 Å². The van der Waals surface area contributed by atoms with Gasteiger partial charge in [0.05, 0.1) is 13.0 Å². The second-order valence-electron chi connectivity index (χ2n) is 3.93. The molecule has 112 valence electrons. The normalized spacial score (nSPS) is 11.3. The highest BCUT2D eigenvalue weighted by atomic mass is 19.4. The second kappa shape index (κ2) is 6.56. The summed E-state index contributed by atoms with van der Waals surface area (Å²) < 4.78 is 45.2. The van der Waals surface area contributed by atoms with Gasteiger partial charge >= 0.3 is 12.3 Å². The van der Waals surface area contributed by atoms with Gasteiger partial charge in [-0.3, -0.25) is 4.79 Å². The molecule has 0 radical (unpaired) electrons. The van der Waals surface area contributed by atoms with E-state index in [0.717, 1.165) is 6.20 Å². The minimum atomic E-state index is -4.83. The lowest BCUT2D eigenvalue weighted by atomic mass is 10.0. The summed E-state index contributed by atoms with van der Waals surface area (Å²) in [5.41, 5.74) is 6.50. The number of carbonyl (C=O) groups is 1. The fourth-order valence-electron chi connectivity index (χ4n) is 1.70. The molecular weight excluding hydrogens is 277 g/mol. The molecule has 0 aliphatic carbocycles. The fraction of sp³-hybridized carbons (Fsp3) is 0.500. The summed E-state index contributed by atoms with van der Waals surface area (Å²) in [5, 5.41) is 0. The van der Waals surface area contributed by atoms with Crippen molar-refractivity contribution in [1.82, 2.24) is 4.98 Å². The van der Waals surface area contributed by atoms with Gasteiger partial charge in [-0.2, -0.15) is 0 Å². The van der Waals surface area contributed by atoms with Gasteiger partial charge < -0.3 is 15.2 Å². The summed E-state index contributed by atoms with van der Waals surface area (Å²) in [6.45, 7) is 3.26. The molecule has 0 saturated heterocycles. The minimum absolute atomic E-state index is 0.0304. The Morgan fingerprint density at radius 2 is 2.10 bits per heavy atom. The SMILES string of the molecule is CCOC(=O)Cc1cnc(OC(F)(F)F)c(C)c1CN. The van der Waals surface area contributed by atoms with Gasteiger partial charge in [0.15, 0.2) is 0 Å². The molecule has 0 aliphatic rings. The maximum Gasteiger partial charge on any atom is 0.574 e. The number of alkyl halides is 3. The van der Waals surface area contributed by atoms with E-state index in [4.69, 9.17) is 10.5 Å². The van der Waals surface area contributed by atoms with Crippen LogP contribution in [0.25, 0.3) is 0 Å². The zero-order chi connectivity index (χ0) is 15.3. The molecule has 5 nitrogen and oxygen atoms in total. The van der Waals surface area contributed by atoms with Crippen molar-refractivity contribution in [3.63, 3.8) is 0 Å². The van der Waals surface area contributed by atoms with Crippen LogP contribution in [0.3, 0.4) is 0 Å². The zero-order valence-electron chi connectivity index (χ0n) is 11.1. The Balaban J connectivity index is 3.05. The highest BCUT2D eigenvalue weighted by Gasteiger charge is 2.33. The summed E-state index contributed by atoms with van der Waals surface area (Å²) in [7, 11) is 0. The first-order valence-corrected chi connectivity index (χ1v) is 5.87. The Morgan fingerprint density at radius 1 is 1.45 bits per heavy atom. The van der Waals surface area contributed by atoms with Crippen molar-refractivity contribution in [2.24, 2.45) is 5.73 Å². The molecule has 0 aromatic carbocycles. The molecular formula is C12H15F3N2O3. The highest BCUT2D eigenvalue weighted by molar-refractivity contribution is 5.73. The maximum absolute atomic E-state index is 12.2. The monoisotopic (exact) mass is 292 g/mol. The number of nitrogens with zero attached hydrogens (tertiary/aromatic N) is 1. The molecule has 0 fully saturated rings. The standard InChI is InChI=1S/C12H15F3N2O3/c1-3-19-10(18)4-8-6-17-11(20-12(13,14)15)7(2)9(8)5-16/h6H,3-5,16H2,1-2H3. The average molecular weight is 292 g/mol. The molecule has 1 aromatic rings. The Kier molecular flexibility index (Phi) is 5.32. The van der Waals surface area contributed by atoms with Crippen LogP contribution in [-0.4, -0.2) is 23.9 Å². The summed E-state index contributed by atoms with van der Waals surface area (Å²) >= 11 is 0. The molecule has 0 bridgehead atoms. The number of hydrogen-bond donors (Lipinski definition) is 1. The predicted molar refractivity (Wildman–Crippen MR) is 63.9 cm³/mol. The zero-order valence-corrected chi connectivity index (χ0v) is 11.1. The van der Waals surface area contributed by atoms with Crippen LogP contribution in [0.15, 0.2) is 6.20 Å². The number of nitrogens with two attached hydrogens (primary N) is 1. The molecule has 8 heteroatoms. The number of ether oxygens (including phenoxy) is 2. The second-order valence-corrected chi connectivity index (χ2v) is 3.93. The first kappa shape index (κ1) is 16.2. The number of aromatic nitrogens is 1. The number of pyridine rings is 1. The van der Waals surface area contributed by atoms with Gasteiger partial charge in [-0.05, 0) is 25.0 Å². The number of hydrogen-bond acceptors (Lipinski definition) is 5. The molecule has 0 saturated carbocycles. The van der Waals surface area contributed by atoms with Gasteiger partial charge in [0.25, 0.3) is 0 Å². The Hall–Kier alpha value is -1.83. The van der Waals surface area contributed by atoms with E-state index < -0.39 is 18.2 Å². The van der Waals surface area contributed by atoms with E-state index in [1.165, 1.54) is 6.92 Å². The number of carbonyl (C=O) groups excluding carboxylic acids is 1. The molecule has 0 atom stereocenters. The maximum atomic E-state index is 12.2. The number of rotatable bonds is 5. The van der Waals surface area contributed by atoms with Crippen LogP contribution in [0.2, 0.25) is 0 Å². The quantitative estimate of drug-likeness (QED) is 0.838. The summed E-state index contributed by atoms with van der Waals surface area (Å²) in [6, 6.07) is 0. The van der Waals surface area contributed by atoms with Gasteiger partial charge in [-0.25, -0.2) is 4.98 Å². The average Bonchev–Trinajstić information content (AvgIpc) is 2.32. The Morgan fingerprint density at radius 3 is 2.60 bits per heavy atom. The third kappa shape index (κ3) is 4.37. The highest BCUT2D eigenvalue weighted by Crippen LogP contribution is 2.27. The van der Waals surface area contributed by atoms with E-state index in [1.807, 2.05) is 0 Å². The minimum Gasteiger partial charge on any atom is -0.466 e. The van der Waals surface area contributed by atoms with Crippen molar-refractivity contribution >= 4 is 5.97 Å². The largest absolute Gasteiger partial charge is 0.574 e. The van der Waals surface area contributed by atoms with Crippen molar-refractivity contribution in [3.05, 3.63) is 22.9 Å². The van der Waals surface area contributed by atoms with Gasteiger partial charge in [-0.1, -0.05) is 0 Å². The smallest absolute Gasteiger partial charge is 0.466 e. The third-order valence-electron chi connectivity index (χ3n) is 2.56. The first-order valence-electron chi connectivity index (χ1n) is 5.87. The van der Waals surface area contributed by atoms with Crippen LogP contribution in [0.4, 0.5) is 13.2 Å². The molecule has 1 rings (SSSR count). The molecule has 2 N–H and O–H groups in total. The topological polar surface area (TPSA) is 74.4 Å². The van der Waals surface area contributed by atoms with Crippen LogP contribution in [-0.2, 0) is 22.5 Å². The summed E-state index contributed by atoms with van der Waals surface area (Å²) in [6.07, 6.45) is -3.78. The first-order chi connectivity index (χ1) is 9.28. The number of esters is 1. The summed E-state index contributed by atoms with van der Waals surface area (Å²) in [4.78, 5) is 15.0. The van der Waals surface area contributed by atoms with Crippen LogP contribution in [0, 0.1) is 6.92 Å². The van der Waals surface area contributed by atoms with Crippen LogP contribution in [0.1, 0.15) is 23.6 Å². The molecule has 1 aromatic heterocycles. The van der Waals surface area contributed by atoms with Gasteiger partial charge in [0.1, 0.15) is 0 Å². The molecule has 0 spiro atoms. The number of halogens is 3. The molecule has 0 aliphatic heterocycles. The Labute approximate surface area is 113 Å². The third-order valence-corrected chi connectivity index (χ3v) is 2.56. The predicted octanol–water partition coefficient (Wildman–Crippen LogP) is 1.85. The lowest BCUT2D eigenvalue weighted by molar-refractivity contribution is -0.276. The van der Waals surface area contributed by atoms with Crippen LogP contribution >= 0.6 is 0 Å². The van der Waals surface area contributed by atoms with Crippen molar-refractivity contribution < 1.29 is 27.4 Å². The molecule has 1 heterocycles. The van der Waals surface area contributed by atoms with E-state index >= 15 is 0 Å². The van der Waals surface area contributed by atoms with Crippen molar-refractivity contribution in [1.29, 1.82) is 0 Å². The van der Waals surface area contributed by atoms with Crippen LogP contribution in [0.5, 0.6) is 5.88 Å². The van der Waals surface area contributed by atoms with E-state index in [2.05, 4.69) is 9.72 Å². The van der Waals surface area contributed by atoms with E-state index in [0.29, 0.717) is 11.1 Å². The van der Waals surface area contributed by atoms with Crippen LogP contribution < -0.4 is 10.5 Å². The van der Waals surface area contributed by atoms with Crippen molar-refractivity contribution in [3.8, 4) is 5.88 Å². The van der Waals surface area contributed by atoms with Crippen molar-refractivity contribution in [2.75, 3.05) is 6.61 Å². The van der Waals surface area contributed by atoms with E-state index in [-0.39, 0.29) is 25.1 Å².